The first-order chi connectivity index (χ1) is 10.1. The lowest BCUT2D eigenvalue weighted by Gasteiger charge is -2.05. The summed E-state index contributed by atoms with van der Waals surface area (Å²) < 4.78 is 1.79. The van der Waals surface area contributed by atoms with E-state index in [0.717, 1.165) is 22.2 Å². The maximum Gasteiger partial charge on any atom is 0.269 e. The average Bonchev–Trinajstić information content (AvgIpc) is 3.10. The summed E-state index contributed by atoms with van der Waals surface area (Å²) in [7, 11) is 4.02. The highest BCUT2D eigenvalue weighted by Gasteiger charge is 2.13. The van der Waals surface area contributed by atoms with Crippen LogP contribution in [-0.4, -0.2) is 39.3 Å². The Labute approximate surface area is 130 Å². The van der Waals surface area contributed by atoms with Crippen molar-refractivity contribution in [3.63, 3.8) is 0 Å². The Morgan fingerprint density at radius 2 is 2.24 bits per heavy atom. The predicted octanol–water partition coefficient (Wildman–Crippen LogP) is 1.84. The van der Waals surface area contributed by atoms with E-state index in [2.05, 4.69) is 20.2 Å². The number of imidazole rings is 1. The average molecular weight is 321 g/mol. The van der Waals surface area contributed by atoms with Crippen molar-refractivity contribution >= 4 is 33.5 Å². The number of aromatic nitrogens is 3. The number of hydrogen-bond donors (Lipinski definition) is 1. The van der Waals surface area contributed by atoms with Gasteiger partial charge in [-0.3, -0.25) is 9.20 Å². The zero-order valence-electron chi connectivity index (χ0n) is 11.7. The Bertz CT molecular complexity index is 757. The van der Waals surface area contributed by atoms with Crippen LogP contribution < -0.4 is 5.32 Å². The second-order valence-corrected chi connectivity index (χ2v) is 6.63. The van der Waals surface area contributed by atoms with Gasteiger partial charge >= 0.3 is 0 Å². The molecule has 0 aliphatic rings. The summed E-state index contributed by atoms with van der Waals surface area (Å²) in [4.78, 5) is 23.7. The molecule has 3 aromatic heterocycles. The van der Waals surface area contributed by atoms with Gasteiger partial charge in [-0.25, -0.2) is 9.97 Å². The number of thiazole rings is 2. The van der Waals surface area contributed by atoms with E-state index in [-0.39, 0.29) is 5.91 Å². The molecule has 110 valence electrons. The van der Waals surface area contributed by atoms with E-state index in [1.807, 2.05) is 24.9 Å². The van der Waals surface area contributed by atoms with Gasteiger partial charge in [0.1, 0.15) is 10.7 Å². The van der Waals surface area contributed by atoms with Gasteiger partial charge < -0.3 is 10.2 Å². The normalized spacial score (nSPS) is 11.4. The van der Waals surface area contributed by atoms with Crippen molar-refractivity contribution in [2.24, 2.45) is 0 Å². The smallest absolute Gasteiger partial charge is 0.269 e. The molecule has 0 saturated heterocycles. The third-order valence-electron chi connectivity index (χ3n) is 2.85. The highest BCUT2D eigenvalue weighted by atomic mass is 32.1. The zero-order chi connectivity index (χ0) is 14.8. The second-order valence-electron chi connectivity index (χ2n) is 4.85. The third kappa shape index (κ3) is 3.12. The minimum absolute atomic E-state index is 0.108. The topological polar surface area (TPSA) is 62.5 Å². The number of amides is 1. The summed E-state index contributed by atoms with van der Waals surface area (Å²) in [6.45, 7) is 1.26. The summed E-state index contributed by atoms with van der Waals surface area (Å²) in [5.74, 6) is -0.108. The molecule has 8 heteroatoms. The monoisotopic (exact) mass is 321 g/mol. The number of hydrogen-bond acceptors (Lipinski definition) is 6. The molecule has 0 bridgehead atoms. The highest BCUT2D eigenvalue weighted by molar-refractivity contribution is 7.15. The fourth-order valence-electron chi connectivity index (χ4n) is 1.96. The van der Waals surface area contributed by atoms with E-state index in [1.165, 1.54) is 11.3 Å². The van der Waals surface area contributed by atoms with Gasteiger partial charge in [0, 0.05) is 29.7 Å². The van der Waals surface area contributed by atoms with Crippen LogP contribution in [0.4, 0.5) is 0 Å². The zero-order valence-corrected chi connectivity index (χ0v) is 13.4. The molecule has 0 radical (unpaired) electrons. The summed E-state index contributed by atoms with van der Waals surface area (Å²) in [5, 5.41) is 7.66. The van der Waals surface area contributed by atoms with E-state index in [1.54, 1.807) is 28.1 Å². The van der Waals surface area contributed by atoms with Gasteiger partial charge in [-0.05, 0) is 14.1 Å². The van der Waals surface area contributed by atoms with Crippen molar-refractivity contribution in [1.82, 2.24) is 24.6 Å². The maximum atomic E-state index is 12.2. The first kappa shape index (κ1) is 14.2. The lowest BCUT2D eigenvalue weighted by molar-refractivity contribution is 0.0945. The van der Waals surface area contributed by atoms with Crippen LogP contribution in [0.25, 0.3) is 4.96 Å². The fraction of sp³-hybridized carbons (Fsp3) is 0.308. The molecule has 0 aliphatic carbocycles. The lowest BCUT2D eigenvalue weighted by atomic mass is 10.4. The van der Waals surface area contributed by atoms with Crippen LogP contribution in [-0.2, 0) is 13.1 Å². The van der Waals surface area contributed by atoms with Gasteiger partial charge in [0.15, 0.2) is 4.96 Å². The minimum Gasteiger partial charge on any atom is -0.344 e. The second kappa shape index (κ2) is 5.92. The van der Waals surface area contributed by atoms with Gasteiger partial charge in [0.05, 0.1) is 12.2 Å². The SMILES string of the molecule is CN(C)Cc1csc(CNC(=O)c2csc3nccn23)n1. The summed E-state index contributed by atoms with van der Waals surface area (Å²) in [6, 6.07) is 0. The maximum absolute atomic E-state index is 12.2. The highest BCUT2D eigenvalue weighted by Crippen LogP contribution is 2.15. The predicted molar refractivity (Wildman–Crippen MR) is 83.7 cm³/mol. The number of fused-ring (bicyclic) bond motifs is 1. The molecule has 3 rings (SSSR count). The van der Waals surface area contributed by atoms with Crippen molar-refractivity contribution in [3.05, 3.63) is 39.5 Å². The molecule has 21 heavy (non-hydrogen) atoms. The molecule has 0 aromatic carbocycles. The summed E-state index contributed by atoms with van der Waals surface area (Å²) in [6.07, 6.45) is 3.48. The standard InChI is InChI=1S/C13H15N5OS2/c1-17(2)6-9-7-20-11(16-9)5-15-12(19)10-8-21-13-14-3-4-18(10)13/h3-4,7-8H,5-6H2,1-2H3,(H,15,19). The number of rotatable bonds is 5. The van der Waals surface area contributed by atoms with Gasteiger partial charge in [0.25, 0.3) is 5.91 Å². The van der Waals surface area contributed by atoms with Crippen LogP contribution in [0.5, 0.6) is 0 Å². The molecule has 1 N–H and O–H groups in total. The Kier molecular flexibility index (Phi) is 4.00. The molecule has 0 atom stereocenters. The van der Waals surface area contributed by atoms with Crippen molar-refractivity contribution in [2.75, 3.05) is 14.1 Å². The molecule has 1 amide bonds. The van der Waals surface area contributed by atoms with Crippen LogP contribution in [0, 0.1) is 0 Å². The van der Waals surface area contributed by atoms with E-state index >= 15 is 0 Å². The van der Waals surface area contributed by atoms with Crippen LogP contribution >= 0.6 is 22.7 Å². The molecule has 6 nitrogen and oxygen atoms in total. The lowest BCUT2D eigenvalue weighted by Crippen LogP contribution is -2.24. The molecule has 0 saturated carbocycles. The number of nitrogens with zero attached hydrogens (tertiary/aromatic N) is 4. The van der Waals surface area contributed by atoms with Crippen molar-refractivity contribution in [2.45, 2.75) is 13.1 Å². The third-order valence-corrected chi connectivity index (χ3v) is 4.60. The van der Waals surface area contributed by atoms with E-state index in [4.69, 9.17) is 0 Å². The van der Waals surface area contributed by atoms with E-state index in [9.17, 15) is 4.79 Å². The Balaban J connectivity index is 1.63. The quantitative estimate of drug-likeness (QED) is 0.779. The Morgan fingerprint density at radius 1 is 1.38 bits per heavy atom. The molecule has 0 fully saturated rings. The van der Waals surface area contributed by atoms with E-state index < -0.39 is 0 Å². The number of nitrogens with one attached hydrogen (secondary N) is 1. The molecule has 0 aliphatic heterocycles. The molecule has 0 unspecified atom stereocenters. The first-order valence-electron chi connectivity index (χ1n) is 6.40. The van der Waals surface area contributed by atoms with Gasteiger partial charge in [-0.1, -0.05) is 0 Å². The van der Waals surface area contributed by atoms with Crippen molar-refractivity contribution in [1.29, 1.82) is 0 Å². The molecular formula is C13H15N5OS2. The van der Waals surface area contributed by atoms with Crippen LogP contribution in [0.2, 0.25) is 0 Å². The van der Waals surface area contributed by atoms with Gasteiger partial charge in [-0.2, -0.15) is 0 Å². The Hall–Kier alpha value is -1.77. The molecule has 3 heterocycles. The number of carbonyl (C=O) groups excluding carboxylic acids is 1. The van der Waals surface area contributed by atoms with Gasteiger partial charge in [0.2, 0.25) is 0 Å². The van der Waals surface area contributed by atoms with Crippen LogP contribution in [0.3, 0.4) is 0 Å². The Morgan fingerprint density at radius 3 is 3.05 bits per heavy atom. The van der Waals surface area contributed by atoms with Crippen LogP contribution in [0.15, 0.2) is 23.2 Å². The molecule has 0 spiro atoms. The van der Waals surface area contributed by atoms with Crippen LogP contribution in [0.1, 0.15) is 21.2 Å². The fourth-order valence-corrected chi connectivity index (χ4v) is 3.52. The minimum atomic E-state index is -0.108. The molecular weight excluding hydrogens is 306 g/mol. The van der Waals surface area contributed by atoms with Crippen molar-refractivity contribution in [3.8, 4) is 0 Å². The summed E-state index contributed by atoms with van der Waals surface area (Å²) >= 11 is 3.02. The van der Waals surface area contributed by atoms with E-state index in [0.29, 0.717) is 12.2 Å². The molecule has 3 aromatic rings. The van der Waals surface area contributed by atoms with Gasteiger partial charge in [-0.15, -0.1) is 22.7 Å². The summed E-state index contributed by atoms with van der Waals surface area (Å²) in [5.41, 5.74) is 1.64. The van der Waals surface area contributed by atoms with Crippen molar-refractivity contribution < 1.29 is 4.79 Å². The number of carbonyl (C=O) groups is 1. The first-order valence-corrected chi connectivity index (χ1v) is 8.16. The largest absolute Gasteiger partial charge is 0.344 e.